The molecule has 1 aliphatic rings. The number of Topliss-reactive ketones (excluding diaryl/α,β-unsaturated/α-hetero) is 2. The van der Waals surface area contributed by atoms with Crippen molar-refractivity contribution in [2.45, 2.75) is 33.1 Å². The first-order valence-corrected chi connectivity index (χ1v) is 4.20. The molecule has 0 aliphatic heterocycles. The van der Waals surface area contributed by atoms with Crippen LogP contribution in [-0.2, 0) is 9.59 Å². The van der Waals surface area contributed by atoms with Gasteiger partial charge < -0.3 is 0 Å². The number of hydrogen-bond acceptors (Lipinski definition) is 2. The second-order valence-corrected chi connectivity index (χ2v) is 3.36. The lowest BCUT2D eigenvalue weighted by molar-refractivity contribution is -0.136. The summed E-state index contributed by atoms with van der Waals surface area (Å²) < 4.78 is 0. The molecular formula is C9H14O2. The molecule has 1 rings (SSSR count). The second kappa shape index (κ2) is 3.16. The number of carbonyl (C=O) groups excluding carboxylic acids is 2. The monoisotopic (exact) mass is 154 g/mol. The highest BCUT2D eigenvalue weighted by Gasteiger charge is 2.31. The van der Waals surface area contributed by atoms with Gasteiger partial charge in [0.25, 0.3) is 0 Å². The molecule has 2 heteroatoms. The molecule has 2 atom stereocenters. The van der Waals surface area contributed by atoms with E-state index >= 15 is 0 Å². The molecule has 0 aromatic heterocycles. The molecule has 0 radical (unpaired) electrons. The zero-order chi connectivity index (χ0) is 8.43. The molecule has 1 saturated carbocycles. The van der Waals surface area contributed by atoms with Crippen LogP contribution < -0.4 is 0 Å². The van der Waals surface area contributed by atoms with E-state index in [1.807, 2.05) is 13.8 Å². The van der Waals surface area contributed by atoms with Gasteiger partial charge in [0.05, 0.1) is 0 Å². The predicted molar refractivity (Wildman–Crippen MR) is 42.2 cm³/mol. The van der Waals surface area contributed by atoms with Gasteiger partial charge in [-0.2, -0.15) is 0 Å². The third-order valence-electron chi connectivity index (χ3n) is 2.39. The fraction of sp³-hybridized carbons (Fsp3) is 0.778. The number of hydrogen-bond donors (Lipinski definition) is 0. The molecule has 0 aromatic carbocycles. The van der Waals surface area contributed by atoms with E-state index < -0.39 is 0 Å². The molecule has 0 spiro atoms. The smallest absolute Gasteiger partial charge is 0.139 e. The summed E-state index contributed by atoms with van der Waals surface area (Å²) >= 11 is 0. The molecule has 1 fully saturated rings. The maximum absolute atomic E-state index is 11.3. The van der Waals surface area contributed by atoms with E-state index in [2.05, 4.69) is 0 Å². The van der Waals surface area contributed by atoms with E-state index in [4.69, 9.17) is 0 Å². The van der Waals surface area contributed by atoms with Crippen molar-refractivity contribution < 1.29 is 9.59 Å². The summed E-state index contributed by atoms with van der Waals surface area (Å²) in [5.41, 5.74) is 0. The first kappa shape index (κ1) is 8.44. The first-order chi connectivity index (χ1) is 5.15. The Kier molecular flexibility index (Phi) is 2.42. The number of ketones is 2. The van der Waals surface area contributed by atoms with Crippen molar-refractivity contribution in [3.63, 3.8) is 0 Å². The Morgan fingerprint density at radius 1 is 1.36 bits per heavy atom. The van der Waals surface area contributed by atoms with Crippen molar-refractivity contribution in [1.82, 2.24) is 0 Å². The van der Waals surface area contributed by atoms with Crippen LogP contribution in [0.25, 0.3) is 0 Å². The Morgan fingerprint density at radius 2 is 2.00 bits per heavy atom. The fourth-order valence-electron chi connectivity index (χ4n) is 1.65. The zero-order valence-corrected chi connectivity index (χ0v) is 7.09. The maximum Gasteiger partial charge on any atom is 0.139 e. The van der Waals surface area contributed by atoms with Crippen LogP contribution in [0.3, 0.4) is 0 Å². The highest BCUT2D eigenvalue weighted by molar-refractivity contribution is 5.96. The summed E-state index contributed by atoms with van der Waals surface area (Å²) in [5, 5.41) is 0. The summed E-state index contributed by atoms with van der Waals surface area (Å²) in [4.78, 5) is 22.4. The fourth-order valence-corrected chi connectivity index (χ4v) is 1.65. The maximum atomic E-state index is 11.3. The summed E-state index contributed by atoms with van der Waals surface area (Å²) in [5.74, 6) is 0.531. The van der Waals surface area contributed by atoms with Crippen LogP contribution in [0.15, 0.2) is 0 Å². The molecular weight excluding hydrogens is 140 g/mol. The third kappa shape index (κ3) is 1.67. The van der Waals surface area contributed by atoms with Crippen LogP contribution in [0, 0.1) is 11.8 Å². The first-order valence-electron chi connectivity index (χ1n) is 4.20. The van der Waals surface area contributed by atoms with Gasteiger partial charge in [-0.3, -0.25) is 9.59 Å². The molecule has 0 N–H and O–H groups in total. The van der Waals surface area contributed by atoms with Crippen molar-refractivity contribution in [2.75, 3.05) is 0 Å². The minimum absolute atomic E-state index is 0.0197. The Balaban J connectivity index is 2.66. The van der Waals surface area contributed by atoms with E-state index in [9.17, 15) is 9.59 Å². The van der Waals surface area contributed by atoms with Gasteiger partial charge in [0, 0.05) is 24.7 Å². The van der Waals surface area contributed by atoms with E-state index in [0.29, 0.717) is 12.8 Å². The van der Waals surface area contributed by atoms with E-state index in [1.54, 1.807) is 0 Å². The average molecular weight is 154 g/mol. The highest BCUT2D eigenvalue weighted by atomic mass is 16.1. The van der Waals surface area contributed by atoms with Crippen molar-refractivity contribution in [2.24, 2.45) is 11.8 Å². The standard InChI is InChI=1S/C9H14O2/c1-3-7-5-8(10)4-6(2)9(7)11/h6-7H,3-5H2,1-2H3. The minimum atomic E-state index is -0.0267. The van der Waals surface area contributed by atoms with E-state index in [-0.39, 0.29) is 23.4 Å². The molecule has 2 nitrogen and oxygen atoms in total. The van der Waals surface area contributed by atoms with Crippen molar-refractivity contribution in [3.8, 4) is 0 Å². The molecule has 11 heavy (non-hydrogen) atoms. The molecule has 62 valence electrons. The third-order valence-corrected chi connectivity index (χ3v) is 2.39. The normalized spacial score (nSPS) is 32.5. The van der Waals surface area contributed by atoms with Crippen LogP contribution in [0.2, 0.25) is 0 Å². The molecule has 0 amide bonds. The SMILES string of the molecule is CCC1CC(=O)CC(C)C1=O. The molecule has 0 heterocycles. The van der Waals surface area contributed by atoms with Gasteiger partial charge in [-0.05, 0) is 6.42 Å². The lowest BCUT2D eigenvalue weighted by Crippen LogP contribution is -2.31. The van der Waals surface area contributed by atoms with E-state index in [1.165, 1.54) is 0 Å². The van der Waals surface area contributed by atoms with Gasteiger partial charge in [-0.15, -0.1) is 0 Å². The van der Waals surface area contributed by atoms with Gasteiger partial charge in [0.2, 0.25) is 0 Å². The van der Waals surface area contributed by atoms with Crippen molar-refractivity contribution >= 4 is 11.6 Å². The van der Waals surface area contributed by atoms with Crippen LogP contribution in [0.4, 0.5) is 0 Å². The van der Waals surface area contributed by atoms with Crippen molar-refractivity contribution in [3.05, 3.63) is 0 Å². The zero-order valence-electron chi connectivity index (χ0n) is 7.09. The minimum Gasteiger partial charge on any atom is -0.300 e. The predicted octanol–water partition coefficient (Wildman–Crippen LogP) is 1.58. The lowest BCUT2D eigenvalue weighted by atomic mass is 9.79. The van der Waals surface area contributed by atoms with Gasteiger partial charge in [-0.25, -0.2) is 0 Å². The van der Waals surface area contributed by atoms with Crippen LogP contribution in [0.5, 0.6) is 0 Å². The Morgan fingerprint density at radius 3 is 2.55 bits per heavy atom. The van der Waals surface area contributed by atoms with Gasteiger partial charge in [-0.1, -0.05) is 13.8 Å². The summed E-state index contributed by atoms with van der Waals surface area (Å²) in [6.45, 7) is 3.82. The quantitative estimate of drug-likeness (QED) is 0.574. The summed E-state index contributed by atoms with van der Waals surface area (Å²) in [7, 11) is 0. The number of carbonyl (C=O) groups is 2. The van der Waals surface area contributed by atoms with Crippen LogP contribution in [0.1, 0.15) is 33.1 Å². The number of rotatable bonds is 1. The van der Waals surface area contributed by atoms with Gasteiger partial charge >= 0.3 is 0 Å². The average Bonchev–Trinajstić information content (AvgIpc) is 1.96. The van der Waals surface area contributed by atoms with Gasteiger partial charge in [0.1, 0.15) is 11.6 Å². The molecule has 1 aliphatic carbocycles. The van der Waals surface area contributed by atoms with E-state index in [0.717, 1.165) is 6.42 Å². The Hall–Kier alpha value is -0.660. The summed E-state index contributed by atoms with van der Waals surface area (Å²) in [6, 6.07) is 0. The largest absolute Gasteiger partial charge is 0.300 e. The second-order valence-electron chi connectivity index (χ2n) is 3.36. The molecule has 2 unspecified atom stereocenters. The summed E-state index contributed by atoms with van der Waals surface area (Å²) in [6.07, 6.45) is 1.77. The topological polar surface area (TPSA) is 34.1 Å². The van der Waals surface area contributed by atoms with Crippen LogP contribution >= 0.6 is 0 Å². The molecule has 0 saturated heterocycles. The highest BCUT2D eigenvalue weighted by Crippen LogP contribution is 2.24. The van der Waals surface area contributed by atoms with Gasteiger partial charge in [0.15, 0.2) is 0 Å². The Bertz CT molecular complexity index is 184. The Labute approximate surface area is 67.0 Å². The molecule has 0 bridgehead atoms. The van der Waals surface area contributed by atoms with Crippen molar-refractivity contribution in [1.29, 1.82) is 0 Å². The van der Waals surface area contributed by atoms with Crippen LogP contribution in [-0.4, -0.2) is 11.6 Å². The lowest BCUT2D eigenvalue weighted by Gasteiger charge is -2.22. The molecule has 0 aromatic rings.